The lowest BCUT2D eigenvalue weighted by Crippen LogP contribution is -2.13. The molecule has 0 atom stereocenters. The standard InChI is InChI=1S/C16H22N2O2/c1-5-8-14-17-15(20-18-14)11-19-13-10-7-6-9-12(13)16(2,3)4/h6-7,9-10H,5,8,11H2,1-4H3. The van der Waals surface area contributed by atoms with Crippen molar-refractivity contribution in [2.75, 3.05) is 0 Å². The van der Waals surface area contributed by atoms with Crippen LogP contribution in [0.4, 0.5) is 0 Å². The van der Waals surface area contributed by atoms with Gasteiger partial charge in [-0.05, 0) is 23.5 Å². The highest BCUT2D eigenvalue weighted by molar-refractivity contribution is 5.38. The molecular weight excluding hydrogens is 252 g/mol. The molecular formula is C16H22N2O2. The quantitative estimate of drug-likeness (QED) is 0.829. The third kappa shape index (κ3) is 3.59. The zero-order valence-corrected chi connectivity index (χ0v) is 12.6. The minimum absolute atomic E-state index is 0.0405. The summed E-state index contributed by atoms with van der Waals surface area (Å²) in [6.07, 6.45) is 1.84. The van der Waals surface area contributed by atoms with Gasteiger partial charge in [0.25, 0.3) is 5.89 Å². The number of aromatic nitrogens is 2. The molecule has 0 spiro atoms. The van der Waals surface area contributed by atoms with Crippen LogP contribution < -0.4 is 4.74 Å². The normalized spacial score (nSPS) is 11.6. The molecule has 0 aliphatic rings. The molecule has 1 aromatic heterocycles. The molecule has 0 fully saturated rings. The lowest BCUT2D eigenvalue weighted by Gasteiger charge is -2.22. The summed E-state index contributed by atoms with van der Waals surface area (Å²) in [7, 11) is 0. The average molecular weight is 274 g/mol. The molecule has 0 radical (unpaired) electrons. The smallest absolute Gasteiger partial charge is 0.264 e. The molecule has 2 rings (SSSR count). The maximum Gasteiger partial charge on any atom is 0.264 e. The predicted octanol–water partition coefficient (Wildman–Crippen LogP) is 3.90. The lowest BCUT2D eigenvalue weighted by molar-refractivity contribution is 0.238. The molecule has 0 bridgehead atoms. The van der Waals surface area contributed by atoms with Crippen LogP contribution in [0.25, 0.3) is 0 Å². The highest BCUT2D eigenvalue weighted by atomic mass is 16.5. The van der Waals surface area contributed by atoms with Crippen LogP contribution in [0.2, 0.25) is 0 Å². The van der Waals surface area contributed by atoms with Crippen molar-refractivity contribution in [1.29, 1.82) is 0 Å². The van der Waals surface area contributed by atoms with Crippen LogP contribution in [0.3, 0.4) is 0 Å². The van der Waals surface area contributed by atoms with Crippen molar-refractivity contribution in [2.45, 2.75) is 52.6 Å². The number of benzene rings is 1. The first-order valence-electron chi connectivity index (χ1n) is 7.04. The molecule has 0 saturated heterocycles. The highest BCUT2D eigenvalue weighted by Gasteiger charge is 2.18. The first kappa shape index (κ1) is 14.6. The van der Waals surface area contributed by atoms with Crippen LogP contribution in [0.15, 0.2) is 28.8 Å². The van der Waals surface area contributed by atoms with Crippen molar-refractivity contribution >= 4 is 0 Å². The Balaban J connectivity index is 2.07. The van der Waals surface area contributed by atoms with Gasteiger partial charge < -0.3 is 9.26 Å². The van der Waals surface area contributed by atoms with Crippen LogP contribution in [0, 0.1) is 0 Å². The fraction of sp³-hybridized carbons (Fsp3) is 0.500. The summed E-state index contributed by atoms with van der Waals surface area (Å²) < 4.78 is 11.0. The molecule has 4 heteroatoms. The number of aryl methyl sites for hydroxylation is 1. The summed E-state index contributed by atoms with van der Waals surface area (Å²) in [5.41, 5.74) is 1.21. The van der Waals surface area contributed by atoms with E-state index in [1.165, 1.54) is 5.56 Å². The van der Waals surface area contributed by atoms with Gasteiger partial charge in [0.05, 0.1) is 0 Å². The Hall–Kier alpha value is -1.84. The van der Waals surface area contributed by atoms with Crippen LogP contribution in [-0.2, 0) is 18.4 Å². The summed E-state index contributed by atoms with van der Waals surface area (Å²) in [6, 6.07) is 8.07. The Morgan fingerprint density at radius 1 is 1.20 bits per heavy atom. The van der Waals surface area contributed by atoms with Gasteiger partial charge in [-0.2, -0.15) is 4.98 Å². The third-order valence-corrected chi connectivity index (χ3v) is 3.03. The molecule has 20 heavy (non-hydrogen) atoms. The number of hydrogen-bond donors (Lipinski definition) is 0. The van der Waals surface area contributed by atoms with Crippen molar-refractivity contribution < 1.29 is 9.26 Å². The van der Waals surface area contributed by atoms with Crippen LogP contribution in [-0.4, -0.2) is 10.1 Å². The minimum Gasteiger partial charge on any atom is -0.483 e. The summed E-state index contributed by atoms with van der Waals surface area (Å²) >= 11 is 0. The molecule has 1 aromatic carbocycles. The lowest BCUT2D eigenvalue weighted by atomic mass is 9.86. The van der Waals surface area contributed by atoms with Gasteiger partial charge in [-0.25, -0.2) is 0 Å². The SMILES string of the molecule is CCCc1noc(COc2ccccc2C(C)(C)C)n1. The fourth-order valence-corrected chi connectivity index (χ4v) is 2.03. The van der Waals surface area contributed by atoms with Gasteiger partial charge in [0.2, 0.25) is 0 Å². The number of para-hydroxylation sites is 1. The van der Waals surface area contributed by atoms with Gasteiger partial charge in [-0.1, -0.05) is 51.1 Å². The van der Waals surface area contributed by atoms with Crippen LogP contribution in [0.1, 0.15) is 51.4 Å². The predicted molar refractivity (Wildman–Crippen MR) is 77.8 cm³/mol. The molecule has 0 aliphatic heterocycles. The third-order valence-electron chi connectivity index (χ3n) is 3.03. The first-order valence-corrected chi connectivity index (χ1v) is 7.04. The van der Waals surface area contributed by atoms with Crippen LogP contribution >= 0.6 is 0 Å². The van der Waals surface area contributed by atoms with Gasteiger partial charge >= 0.3 is 0 Å². The summed E-state index contributed by atoms with van der Waals surface area (Å²) in [5.74, 6) is 2.14. The molecule has 4 nitrogen and oxygen atoms in total. The second kappa shape index (κ2) is 6.07. The van der Waals surface area contributed by atoms with E-state index in [1.807, 2.05) is 18.2 Å². The second-order valence-corrected chi connectivity index (χ2v) is 5.89. The molecule has 0 N–H and O–H groups in total. The molecule has 108 valence electrons. The van der Waals surface area contributed by atoms with Crippen molar-refractivity contribution in [2.24, 2.45) is 0 Å². The summed E-state index contributed by atoms with van der Waals surface area (Å²) in [6.45, 7) is 8.90. The molecule has 1 heterocycles. The summed E-state index contributed by atoms with van der Waals surface area (Å²) in [4.78, 5) is 4.30. The number of nitrogens with zero attached hydrogens (tertiary/aromatic N) is 2. The zero-order valence-electron chi connectivity index (χ0n) is 12.6. The van der Waals surface area contributed by atoms with E-state index in [4.69, 9.17) is 9.26 Å². The molecule has 0 unspecified atom stereocenters. The van der Waals surface area contributed by atoms with E-state index in [0.717, 1.165) is 24.4 Å². The van der Waals surface area contributed by atoms with Crippen molar-refractivity contribution in [1.82, 2.24) is 10.1 Å². The molecule has 0 amide bonds. The summed E-state index contributed by atoms with van der Waals surface area (Å²) in [5, 5.41) is 3.92. The minimum atomic E-state index is 0.0405. The van der Waals surface area contributed by atoms with Crippen molar-refractivity contribution in [3.63, 3.8) is 0 Å². The Morgan fingerprint density at radius 2 is 1.95 bits per heavy atom. The van der Waals surface area contributed by atoms with E-state index in [-0.39, 0.29) is 5.41 Å². The first-order chi connectivity index (χ1) is 9.50. The van der Waals surface area contributed by atoms with E-state index in [0.29, 0.717) is 12.5 Å². The Kier molecular flexibility index (Phi) is 4.42. The van der Waals surface area contributed by atoms with Gasteiger partial charge in [-0.15, -0.1) is 0 Å². The topological polar surface area (TPSA) is 48.2 Å². The van der Waals surface area contributed by atoms with Gasteiger partial charge in [-0.3, -0.25) is 0 Å². The van der Waals surface area contributed by atoms with E-state index in [1.54, 1.807) is 0 Å². The van der Waals surface area contributed by atoms with E-state index < -0.39 is 0 Å². The molecule has 2 aromatic rings. The maximum absolute atomic E-state index is 5.84. The maximum atomic E-state index is 5.84. The average Bonchev–Trinajstić information content (AvgIpc) is 2.84. The van der Waals surface area contributed by atoms with Crippen molar-refractivity contribution in [3.05, 3.63) is 41.5 Å². The zero-order chi connectivity index (χ0) is 14.6. The number of ether oxygens (including phenoxy) is 1. The molecule has 0 saturated carbocycles. The highest BCUT2D eigenvalue weighted by Crippen LogP contribution is 2.31. The number of rotatable bonds is 5. The van der Waals surface area contributed by atoms with Gasteiger partial charge in [0.15, 0.2) is 12.4 Å². The van der Waals surface area contributed by atoms with Gasteiger partial charge in [0, 0.05) is 6.42 Å². The second-order valence-electron chi connectivity index (χ2n) is 5.89. The largest absolute Gasteiger partial charge is 0.483 e. The molecule has 0 aliphatic carbocycles. The van der Waals surface area contributed by atoms with Gasteiger partial charge in [0.1, 0.15) is 5.75 Å². The number of hydrogen-bond acceptors (Lipinski definition) is 4. The van der Waals surface area contributed by atoms with E-state index in [2.05, 4.69) is 43.9 Å². The Bertz CT molecular complexity index is 556. The Morgan fingerprint density at radius 3 is 2.65 bits per heavy atom. The van der Waals surface area contributed by atoms with E-state index >= 15 is 0 Å². The fourth-order valence-electron chi connectivity index (χ4n) is 2.03. The van der Waals surface area contributed by atoms with Crippen LogP contribution in [0.5, 0.6) is 5.75 Å². The van der Waals surface area contributed by atoms with Crippen molar-refractivity contribution in [3.8, 4) is 5.75 Å². The Labute approximate surface area is 120 Å². The van der Waals surface area contributed by atoms with E-state index in [9.17, 15) is 0 Å². The monoisotopic (exact) mass is 274 g/mol.